The monoisotopic (exact) mass is 517 g/mol. The first-order chi connectivity index (χ1) is 16.3. The second-order valence-electron chi connectivity index (χ2n) is 7.59. The van der Waals surface area contributed by atoms with Gasteiger partial charge >= 0.3 is 5.97 Å². The fraction of sp³-hybridized carbons (Fsp3) is 0.222. The van der Waals surface area contributed by atoms with Crippen LogP contribution in [0.2, 0.25) is 5.02 Å². The molecule has 1 atom stereocenters. The maximum atomic E-state index is 11.8. The van der Waals surface area contributed by atoms with Gasteiger partial charge in [-0.3, -0.25) is 9.59 Å². The van der Waals surface area contributed by atoms with Gasteiger partial charge in [-0.05, 0) is 62.2 Å². The molecule has 1 aliphatic carbocycles. The lowest BCUT2D eigenvalue weighted by molar-refractivity contribution is -0.146. The molecular formula is C27H29Cl2NO5. The molecule has 8 heteroatoms. The third-order valence-corrected chi connectivity index (χ3v) is 4.93. The Morgan fingerprint density at radius 3 is 2.31 bits per heavy atom. The fourth-order valence-electron chi connectivity index (χ4n) is 2.93. The Kier molecular flexibility index (Phi) is 13.4. The van der Waals surface area contributed by atoms with Crippen molar-refractivity contribution in [3.05, 3.63) is 102 Å². The van der Waals surface area contributed by atoms with Crippen molar-refractivity contribution >= 4 is 41.5 Å². The summed E-state index contributed by atoms with van der Waals surface area (Å²) >= 11 is 5.72. The van der Waals surface area contributed by atoms with Gasteiger partial charge in [0.25, 0.3) is 0 Å². The predicted octanol–water partition coefficient (Wildman–Crippen LogP) is 4.84. The number of esters is 1. The maximum absolute atomic E-state index is 11.8. The van der Waals surface area contributed by atoms with Gasteiger partial charge in [-0.25, -0.2) is 4.79 Å². The Hall–Kier alpha value is -3.19. The van der Waals surface area contributed by atoms with Crippen LogP contribution in [-0.2, 0) is 19.1 Å². The van der Waals surface area contributed by atoms with Crippen molar-refractivity contribution in [2.24, 2.45) is 0 Å². The molecule has 0 saturated heterocycles. The van der Waals surface area contributed by atoms with Crippen LogP contribution in [0.25, 0.3) is 0 Å². The van der Waals surface area contributed by atoms with Crippen molar-refractivity contribution in [3.8, 4) is 5.75 Å². The summed E-state index contributed by atoms with van der Waals surface area (Å²) < 4.78 is 10.2. The third kappa shape index (κ3) is 10.7. The van der Waals surface area contributed by atoms with E-state index in [2.05, 4.69) is 6.58 Å². The molecule has 0 N–H and O–H groups in total. The summed E-state index contributed by atoms with van der Waals surface area (Å²) in [5.74, 6) is -0.279. The topological polar surface area (TPSA) is 72.9 Å². The van der Waals surface area contributed by atoms with Crippen LogP contribution in [-0.4, -0.2) is 56.3 Å². The highest BCUT2D eigenvalue weighted by Gasteiger charge is 2.21. The van der Waals surface area contributed by atoms with Gasteiger partial charge in [-0.1, -0.05) is 48.0 Å². The van der Waals surface area contributed by atoms with E-state index in [0.717, 1.165) is 5.56 Å². The second kappa shape index (κ2) is 15.7. The van der Waals surface area contributed by atoms with E-state index in [-0.39, 0.29) is 42.5 Å². The molecule has 35 heavy (non-hydrogen) atoms. The summed E-state index contributed by atoms with van der Waals surface area (Å²) in [7, 11) is 3.83. The van der Waals surface area contributed by atoms with Crippen molar-refractivity contribution in [2.75, 3.05) is 33.9 Å². The summed E-state index contributed by atoms with van der Waals surface area (Å²) in [5, 5.41) is 0.630. The van der Waals surface area contributed by atoms with Gasteiger partial charge in [0.1, 0.15) is 12.4 Å². The van der Waals surface area contributed by atoms with Gasteiger partial charge in [0.05, 0.1) is 0 Å². The molecule has 186 valence electrons. The molecule has 1 unspecified atom stereocenters. The van der Waals surface area contributed by atoms with E-state index in [9.17, 15) is 14.4 Å². The number of hydrogen-bond donors (Lipinski definition) is 0. The van der Waals surface area contributed by atoms with E-state index < -0.39 is 0 Å². The number of rotatable bonds is 9. The number of nitrogens with zero attached hydrogens (tertiary/aromatic N) is 1. The summed E-state index contributed by atoms with van der Waals surface area (Å²) in [4.78, 5) is 36.3. The first kappa shape index (κ1) is 29.8. The molecule has 0 fully saturated rings. The van der Waals surface area contributed by atoms with Crippen molar-refractivity contribution < 1.29 is 23.9 Å². The van der Waals surface area contributed by atoms with Crippen LogP contribution < -0.4 is 4.74 Å². The van der Waals surface area contributed by atoms with Crippen molar-refractivity contribution in [2.45, 2.75) is 5.92 Å². The molecule has 0 bridgehead atoms. The largest absolute Gasteiger partial charge is 0.482 e. The summed E-state index contributed by atoms with van der Waals surface area (Å²) in [6.45, 7) is 4.73. The zero-order valence-electron chi connectivity index (χ0n) is 19.7. The van der Waals surface area contributed by atoms with Crippen molar-refractivity contribution in [3.63, 3.8) is 0 Å². The van der Waals surface area contributed by atoms with E-state index >= 15 is 0 Å². The minimum absolute atomic E-state index is 0. The first-order valence-electron chi connectivity index (χ1n) is 10.6. The number of halogens is 2. The van der Waals surface area contributed by atoms with Gasteiger partial charge in [-0.15, -0.1) is 19.0 Å². The Bertz CT molecular complexity index is 1050. The molecule has 1 aliphatic rings. The number of allylic oxidation sites excluding steroid dienone is 5. The molecule has 6 nitrogen and oxygen atoms in total. The third-order valence-electron chi connectivity index (χ3n) is 4.68. The zero-order valence-corrected chi connectivity index (χ0v) is 21.3. The zero-order chi connectivity index (χ0) is 24.9. The van der Waals surface area contributed by atoms with Crippen LogP contribution in [0.4, 0.5) is 0 Å². The summed E-state index contributed by atoms with van der Waals surface area (Å²) in [5.41, 5.74) is 1.45. The van der Waals surface area contributed by atoms with Crippen LogP contribution in [0, 0.1) is 0 Å². The van der Waals surface area contributed by atoms with E-state index in [1.54, 1.807) is 30.3 Å². The Balaban J connectivity index is 0.000000340. The van der Waals surface area contributed by atoms with Crippen molar-refractivity contribution in [1.29, 1.82) is 0 Å². The minimum Gasteiger partial charge on any atom is -0.482 e. The van der Waals surface area contributed by atoms with Crippen LogP contribution >= 0.6 is 24.0 Å². The Morgan fingerprint density at radius 2 is 1.71 bits per heavy atom. The smallest absolute Gasteiger partial charge is 0.344 e. The molecule has 0 radical (unpaired) electrons. The highest BCUT2D eigenvalue weighted by Crippen LogP contribution is 2.27. The number of hydrogen-bond acceptors (Lipinski definition) is 6. The summed E-state index contributed by atoms with van der Waals surface area (Å²) in [6.07, 6.45) is 5.68. The van der Waals surface area contributed by atoms with Gasteiger partial charge in [0.15, 0.2) is 18.2 Å². The average Bonchev–Trinajstić information content (AvgIpc) is 2.82. The number of ether oxygens (including phenoxy) is 2. The van der Waals surface area contributed by atoms with E-state index in [1.165, 1.54) is 18.2 Å². The predicted molar refractivity (Wildman–Crippen MR) is 140 cm³/mol. The molecule has 2 aromatic carbocycles. The molecule has 3 rings (SSSR count). The van der Waals surface area contributed by atoms with Gasteiger partial charge < -0.3 is 14.4 Å². The molecular weight excluding hydrogens is 489 g/mol. The maximum Gasteiger partial charge on any atom is 0.344 e. The molecule has 2 aromatic rings. The minimum atomic E-state index is -0.373. The van der Waals surface area contributed by atoms with E-state index in [0.29, 0.717) is 29.5 Å². The fourth-order valence-corrected chi connectivity index (χ4v) is 3.06. The van der Waals surface area contributed by atoms with Gasteiger partial charge in [0, 0.05) is 23.1 Å². The molecule has 0 heterocycles. The average molecular weight is 518 g/mol. The van der Waals surface area contributed by atoms with Crippen molar-refractivity contribution in [1.82, 2.24) is 4.90 Å². The number of ketones is 2. The Labute approximate surface area is 217 Å². The van der Waals surface area contributed by atoms with E-state index in [1.807, 2.05) is 49.3 Å². The molecule has 0 spiro atoms. The van der Waals surface area contributed by atoms with Crippen LogP contribution in [0.3, 0.4) is 0 Å². The lowest BCUT2D eigenvalue weighted by atomic mass is 9.86. The second-order valence-corrected chi connectivity index (χ2v) is 8.03. The highest BCUT2D eigenvalue weighted by molar-refractivity contribution is 6.30. The van der Waals surface area contributed by atoms with Crippen LogP contribution in [0.1, 0.15) is 11.5 Å². The van der Waals surface area contributed by atoms with Crippen LogP contribution in [0.5, 0.6) is 5.75 Å². The summed E-state index contributed by atoms with van der Waals surface area (Å²) in [6, 6.07) is 16.4. The van der Waals surface area contributed by atoms with E-state index in [4.69, 9.17) is 21.1 Å². The lowest BCUT2D eigenvalue weighted by Crippen LogP contribution is -2.22. The molecule has 0 aliphatic heterocycles. The number of carbonyl (C=O) groups is 3. The Morgan fingerprint density at radius 1 is 1.06 bits per heavy atom. The van der Waals surface area contributed by atoms with Crippen LogP contribution in [0.15, 0.2) is 91.1 Å². The number of likely N-dealkylation sites (N-methyl/N-ethyl adjacent to an activating group) is 1. The number of benzene rings is 2. The van der Waals surface area contributed by atoms with Gasteiger partial charge in [0.2, 0.25) is 0 Å². The quantitative estimate of drug-likeness (QED) is 0.269. The molecule has 0 amide bonds. The normalized spacial score (nSPS) is 13.1. The van der Waals surface area contributed by atoms with Gasteiger partial charge in [-0.2, -0.15) is 0 Å². The first-order valence-corrected chi connectivity index (χ1v) is 11.0. The standard InChI is InChI=1S/C15H12O2.C12H16ClNO3.ClH/c1-2-13(11-6-4-3-5-7-11)14-10-12(16)8-9-15(14)17;1-14(2)7-8-16-12(15)9-17-11-5-3-10(13)4-6-11;/h2-10,13H,1H2;3-6H,7-9H2,1-2H3;1H. The molecule has 0 aromatic heterocycles. The molecule has 0 saturated carbocycles. The SMILES string of the molecule is C=CC(C1=CC(=O)C=CC1=O)c1ccccc1.CN(C)CCOC(=O)COc1ccc(Cl)cc1.Cl. The highest BCUT2D eigenvalue weighted by atomic mass is 35.5. The number of carbonyl (C=O) groups excluding carboxylic acids is 3. The lowest BCUT2D eigenvalue weighted by Gasteiger charge is -2.16.